The van der Waals surface area contributed by atoms with Gasteiger partial charge in [-0.1, -0.05) is 20.8 Å². The van der Waals surface area contributed by atoms with Gasteiger partial charge in [-0.3, -0.25) is 4.79 Å². The Bertz CT molecular complexity index is 132. The molecule has 0 fully saturated rings. The number of hydrogen-bond donors (Lipinski definition) is 1. The van der Waals surface area contributed by atoms with Crippen LogP contribution in [-0.2, 0) is 4.79 Å². The summed E-state index contributed by atoms with van der Waals surface area (Å²) in [5, 5.41) is 0. The SMILES string of the molecule is CC(C)CCC(=O)C(C)CCN. The minimum absolute atomic E-state index is 0.161. The molecule has 0 aliphatic rings. The summed E-state index contributed by atoms with van der Waals surface area (Å²) in [5.74, 6) is 1.15. The molecule has 72 valence electrons. The Hall–Kier alpha value is -0.370. The Morgan fingerprint density at radius 3 is 2.25 bits per heavy atom. The second kappa shape index (κ2) is 6.18. The van der Waals surface area contributed by atoms with Gasteiger partial charge in [-0.05, 0) is 25.3 Å². The highest BCUT2D eigenvalue weighted by Crippen LogP contribution is 2.10. The lowest BCUT2D eigenvalue weighted by Crippen LogP contribution is -2.15. The monoisotopic (exact) mass is 171 g/mol. The van der Waals surface area contributed by atoms with Crippen LogP contribution in [0.5, 0.6) is 0 Å². The molecule has 0 radical (unpaired) electrons. The summed E-state index contributed by atoms with van der Waals surface area (Å²) in [4.78, 5) is 11.4. The van der Waals surface area contributed by atoms with Gasteiger partial charge < -0.3 is 5.73 Å². The molecule has 2 N–H and O–H groups in total. The van der Waals surface area contributed by atoms with Gasteiger partial charge in [0.15, 0.2) is 0 Å². The lowest BCUT2D eigenvalue weighted by molar-refractivity contribution is -0.122. The molecule has 0 rings (SSSR count). The number of carbonyl (C=O) groups excluding carboxylic acids is 1. The van der Waals surface area contributed by atoms with Crippen molar-refractivity contribution >= 4 is 5.78 Å². The van der Waals surface area contributed by atoms with Crippen LogP contribution in [0.1, 0.15) is 40.0 Å². The first-order valence-corrected chi connectivity index (χ1v) is 4.80. The van der Waals surface area contributed by atoms with E-state index >= 15 is 0 Å². The van der Waals surface area contributed by atoms with Gasteiger partial charge in [-0.25, -0.2) is 0 Å². The van der Waals surface area contributed by atoms with Crippen LogP contribution in [0.15, 0.2) is 0 Å². The van der Waals surface area contributed by atoms with Crippen molar-refractivity contribution in [3.05, 3.63) is 0 Å². The van der Waals surface area contributed by atoms with E-state index in [0.717, 1.165) is 19.3 Å². The van der Waals surface area contributed by atoms with Gasteiger partial charge >= 0.3 is 0 Å². The largest absolute Gasteiger partial charge is 0.330 e. The smallest absolute Gasteiger partial charge is 0.135 e. The third-order valence-corrected chi connectivity index (χ3v) is 2.12. The van der Waals surface area contributed by atoms with Gasteiger partial charge in [0.2, 0.25) is 0 Å². The molecular formula is C10H21NO. The fourth-order valence-electron chi connectivity index (χ4n) is 1.09. The number of rotatable bonds is 6. The maximum absolute atomic E-state index is 11.4. The highest BCUT2D eigenvalue weighted by atomic mass is 16.1. The molecule has 0 aromatic carbocycles. The summed E-state index contributed by atoms with van der Waals surface area (Å²) in [6, 6.07) is 0. The van der Waals surface area contributed by atoms with Crippen LogP contribution < -0.4 is 5.73 Å². The van der Waals surface area contributed by atoms with E-state index < -0.39 is 0 Å². The maximum Gasteiger partial charge on any atom is 0.135 e. The van der Waals surface area contributed by atoms with Crippen LogP contribution in [0, 0.1) is 11.8 Å². The first kappa shape index (κ1) is 11.6. The number of ketones is 1. The first-order valence-electron chi connectivity index (χ1n) is 4.80. The Kier molecular flexibility index (Phi) is 5.99. The number of hydrogen-bond acceptors (Lipinski definition) is 2. The molecule has 0 saturated carbocycles. The minimum atomic E-state index is 0.161. The van der Waals surface area contributed by atoms with Crippen molar-refractivity contribution in [3.63, 3.8) is 0 Å². The minimum Gasteiger partial charge on any atom is -0.330 e. The third kappa shape index (κ3) is 5.30. The molecule has 2 heteroatoms. The van der Waals surface area contributed by atoms with Crippen molar-refractivity contribution in [2.24, 2.45) is 17.6 Å². The Morgan fingerprint density at radius 1 is 1.25 bits per heavy atom. The summed E-state index contributed by atoms with van der Waals surface area (Å²) in [6.07, 6.45) is 2.56. The summed E-state index contributed by atoms with van der Waals surface area (Å²) >= 11 is 0. The first-order chi connectivity index (χ1) is 5.57. The van der Waals surface area contributed by atoms with E-state index in [1.54, 1.807) is 0 Å². The second-order valence-electron chi connectivity index (χ2n) is 3.88. The summed E-state index contributed by atoms with van der Waals surface area (Å²) in [7, 11) is 0. The molecule has 1 unspecified atom stereocenters. The average molecular weight is 171 g/mol. The van der Waals surface area contributed by atoms with Gasteiger partial charge in [0.1, 0.15) is 5.78 Å². The molecule has 0 aliphatic carbocycles. The fourth-order valence-corrected chi connectivity index (χ4v) is 1.09. The van der Waals surface area contributed by atoms with Gasteiger partial charge in [0, 0.05) is 12.3 Å². The summed E-state index contributed by atoms with van der Waals surface area (Å²) in [6.45, 7) is 6.87. The molecule has 0 aliphatic heterocycles. The molecule has 0 heterocycles. The van der Waals surface area contributed by atoms with Crippen LogP contribution in [0.4, 0.5) is 0 Å². The lowest BCUT2D eigenvalue weighted by Gasteiger charge is -2.09. The quantitative estimate of drug-likeness (QED) is 0.664. The lowest BCUT2D eigenvalue weighted by atomic mass is 9.96. The number of Topliss-reactive ketones (excluding diaryl/α,β-unsaturated/α-hetero) is 1. The van der Waals surface area contributed by atoms with E-state index in [1.807, 2.05) is 6.92 Å². The third-order valence-electron chi connectivity index (χ3n) is 2.12. The van der Waals surface area contributed by atoms with E-state index in [2.05, 4.69) is 13.8 Å². The normalized spacial score (nSPS) is 13.4. The van der Waals surface area contributed by atoms with Gasteiger partial charge in [0.05, 0.1) is 0 Å². The molecule has 0 spiro atoms. The van der Waals surface area contributed by atoms with E-state index in [-0.39, 0.29) is 5.92 Å². The molecule has 0 aromatic rings. The van der Waals surface area contributed by atoms with Crippen molar-refractivity contribution in [1.29, 1.82) is 0 Å². The van der Waals surface area contributed by atoms with Crippen molar-refractivity contribution in [2.75, 3.05) is 6.54 Å². The molecule has 0 bridgehead atoms. The zero-order chi connectivity index (χ0) is 9.56. The van der Waals surface area contributed by atoms with Crippen LogP contribution >= 0.6 is 0 Å². The molecule has 0 aromatic heterocycles. The van der Waals surface area contributed by atoms with Crippen molar-refractivity contribution in [2.45, 2.75) is 40.0 Å². The molecule has 1 atom stereocenters. The second-order valence-corrected chi connectivity index (χ2v) is 3.88. The predicted molar refractivity (Wildman–Crippen MR) is 51.9 cm³/mol. The fraction of sp³-hybridized carbons (Fsp3) is 0.900. The van der Waals surface area contributed by atoms with E-state index in [1.165, 1.54) is 0 Å². The van der Waals surface area contributed by atoms with Crippen LogP contribution in [0.3, 0.4) is 0 Å². The standard InChI is InChI=1S/C10H21NO/c1-8(2)4-5-10(12)9(3)6-7-11/h8-9H,4-7,11H2,1-3H3. The van der Waals surface area contributed by atoms with Crippen molar-refractivity contribution < 1.29 is 4.79 Å². The molecular weight excluding hydrogens is 150 g/mol. The van der Waals surface area contributed by atoms with Gasteiger partial charge in [-0.2, -0.15) is 0 Å². The summed E-state index contributed by atoms with van der Waals surface area (Å²) < 4.78 is 0. The zero-order valence-corrected chi connectivity index (χ0v) is 8.47. The van der Waals surface area contributed by atoms with Crippen LogP contribution in [0.25, 0.3) is 0 Å². The zero-order valence-electron chi connectivity index (χ0n) is 8.47. The van der Waals surface area contributed by atoms with Gasteiger partial charge in [-0.15, -0.1) is 0 Å². The Labute approximate surface area is 75.5 Å². The topological polar surface area (TPSA) is 43.1 Å². The summed E-state index contributed by atoms with van der Waals surface area (Å²) in [5.41, 5.74) is 5.37. The van der Waals surface area contributed by atoms with Crippen LogP contribution in [0.2, 0.25) is 0 Å². The van der Waals surface area contributed by atoms with E-state index in [4.69, 9.17) is 5.73 Å². The van der Waals surface area contributed by atoms with E-state index in [0.29, 0.717) is 18.2 Å². The molecule has 0 amide bonds. The Morgan fingerprint density at radius 2 is 1.83 bits per heavy atom. The predicted octanol–water partition coefficient (Wildman–Crippen LogP) is 1.98. The van der Waals surface area contributed by atoms with Gasteiger partial charge in [0.25, 0.3) is 0 Å². The van der Waals surface area contributed by atoms with Crippen molar-refractivity contribution in [1.82, 2.24) is 0 Å². The molecule has 0 saturated heterocycles. The molecule has 2 nitrogen and oxygen atoms in total. The molecule has 12 heavy (non-hydrogen) atoms. The number of carbonyl (C=O) groups is 1. The van der Waals surface area contributed by atoms with E-state index in [9.17, 15) is 4.79 Å². The average Bonchev–Trinajstić information content (AvgIpc) is 2.00. The number of nitrogens with two attached hydrogens (primary N) is 1. The van der Waals surface area contributed by atoms with Crippen molar-refractivity contribution in [3.8, 4) is 0 Å². The highest BCUT2D eigenvalue weighted by molar-refractivity contribution is 5.80. The highest BCUT2D eigenvalue weighted by Gasteiger charge is 2.11. The van der Waals surface area contributed by atoms with Crippen LogP contribution in [-0.4, -0.2) is 12.3 Å². The maximum atomic E-state index is 11.4. The Balaban J connectivity index is 3.57.